The molecule has 3 aromatic rings. The second-order valence-electron chi connectivity index (χ2n) is 10.1. The number of fused-ring (bicyclic) bond motifs is 1. The lowest BCUT2D eigenvalue weighted by atomic mass is 10.1. The highest BCUT2D eigenvalue weighted by molar-refractivity contribution is 7.14. The van der Waals surface area contributed by atoms with E-state index in [1.807, 2.05) is 29.6 Å². The van der Waals surface area contributed by atoms with Crippen molar-refractivity contribution in [2.45, 2.75) is 45.9 Å². The minimum atomic E-state index is -0.354. The third kappa shape index (κ3) is 6.31. The maximum absolute atomic E-state index is 12.8. The molecule has 1 aromatic carbocycles. The molecule has 2 aliphatic heterocycles. The van der Waals surface area contributed by atoms with Gasteiger partial charge >= 0.3 is 0 Å². The summed E-state index contributed by atoms with van der Waals surface area (Å²) >= 11 is 1.32. The first kappa shape index (κ1) is 26.9. The van der Waals surface area contributed by atoms with Crippen LogP contribution in [0.3, 0.4) is 0 Å². The largest absolute Gasteiger partial charge is 0.490 e. The van der Waals surface area contributed by atoms with E-state index >= 15 is 0 Å². The van der Waals surface area contributed by atoms with Gasteiger partial charge < -0.3 is 29.9 Å². The Balaban J connectivity index is 1.18. The molecule has 0 unspecified atom stereocenters. The van der Waals surface area contributed by atoms with Gasteiger partial charge in [0, 0.05) is 30.1 Å². The van der Waals surface area contributed by atoms with Gasteiger partial charge in [-0.05, 0) is 58.0 Å². The number of hydrogen-bond donors (Lipinski definition) is 2. The van der Waals surface area contributed by atoms with Crippen molar-refractivity contribution in [1.29, 1.82) is 0 Å². The maximum Gasteiger partial charge on any atom is 0.251 e. The molecule has 2 aliphatic rings. The van der Waals surface area contributed by atoms with E-state index in [1.165, 1.54) is 11.3 Å². The maximum atomic E-state index is 12.8. The number of carbonyl (C=O) groups excluding carboxylic acids is 2. The molecule has 2 amide bonds. The molecule has 2 atom stereocenters. The van der Waals surface area contributed by atoms with Gasteiger partial charge in [0.25, 0.3) is 5.91 Å². The molecule has 206 valence electrons. The number of morpholine rings is 1. The molecule has 0 bridgehead atoms. The van der Waals surface area contributed by atoms with Crippen molar-refractivity contribution in [3.63, 3.8) is 0 Å². The molecule has 5 rings (SSSR count). The van der Waals surface area contributed by atoms with Crippen LogP contribution in [0.1, 0.15) is 38.1 Å². The molecule has 4 heterocycles. The number of pyridine rings is 1. The zero-order valence-electron chi connectivity index (χ0n) is 22.6. The molecule has 0 radical (unpaired) electrons. The van der Waals surface area contributed by atoms with Crippen molar-refractivity contribution in [1.82, 2.24) is 15.3 Å². The van der Waals surface area contributed by atoms with Crippen LogP contribution < -0.4 is 25.2 Å². The van der Waals surface area contributed by atoms with Gasteiger partial charge in [-0.2, -0.15) is 0 Å². The number of benzene rings is 1. The minimum Gasteiger partial charge on any atom is -0.490 e. The van der Waals surface area contributed by atoms with E-state index in [0.29, 0.717) is 23.0 Å². The molecular formula is C28H34N6O4S. The summed E-state index contributed by atoms with van der Waals surface area (Å²) < 4.78 is 11.6. The van der Waals surface area contributed by atoms with E-state index in [-0.39, 0.29) is 36.6 Å². The zero-order valence-corrected chi connectivity index (χ0v) is 23.5. The Hall–Kier alpha value is -3.70. The highest BCUT2D eigenvalue weighted by Crippen LogP contribution is 2.33. The average molecular weight is 551 g/mol. The van der Waals surface area contributed by atoms with Gasteiger partial charge in [-0.1, -0.05) is 6.07 Å². The monoisotopic (exact) mass is 550 g/mol. The van der Waals surface area contributed by atoms with Gasteiger partial charge in [0.05, 0.1) is 36.7 Å². The van der Waals surface area contributed by atoms with Crippen molar-refractivity contribution in [2.24, 2.45) is 0 Å². The summed E-state index contributed by atoms with van der Waals surface area (Å²) in [5, 5.41) is 7.78. The number of aromatic nitrogens is 2. The number of hydrogen-bond acceptors (Lipinski definition) is 9. The summed E-state index contributed by atoms with van der Waals surface area (Å²) in [5.74, 6) is 0.959. The summed E-state index contributed by atoms with van der Waals surface area (Å²) in [6, 6.07) is 11.5. The summed E-state index contributed by atoms with van der Waals surface area (Å²) in [7, 11) is 0. The number of carbonyl (C=O) groups is 2. The minimum absolute atomic E-state index is 0.136. The molecule has 2 N–H and O–H groups in total. The molecule has 1 fully saturated rings. The first-order valence-electron chi connectivity index (χ1n) is 13.2. The Morgan fingerprint density at radius 1 is 1.10 bits per heavy atom. The molecular weight excluding hydrogens is 516 g/mol. The fourth-order valence-electron chi connectivity index (χ4n) is 4.90. The van der Waals surface area contributed by atoms with Crippen molar-refractivity contribution >= 4 is 39.8 Å². The lowest BCUT2D eigenvalue weighted by molar-refractivity contribution is -0.115. The third-order valence-electron chi connectivity index (χ3n) is 6.64. The van der Waals surface area contributed by atoms with Crippen LogP contribution in [-0.4, -0.2) is 72.8 Å². The number of nitrogens with one attached hydrogen (secondary N) is 2. The van der Waals surface area contributed by atoms with Crippen molar-refractivity contribution in [2.75, 3.05) is 47.9 Å². The highest BCUT2D eigenvalue weighted by atomic mass is 32.1. The lowest BCUT2D eigenvalue weighted by Crippen LogP contribution is -2.45. The van der Waals surface area contributed by atoms with Crippen LogP contribution in [0.5, 0.6) is 5.75 Å². The van der Waals surface area contributed by atoms with E-state index in [1.54, 1.807) is 12.1 Å². The third-order valence-corrected chi connectivity index (χ3v) is 7.40. The van der Waals surface area contributed by atoms with Crippen LogP contribution in [0.2, 0.25) is 0 Å². The van der Waals surface area contributed by atoms with Gasteiger partial charge in [-0.25, -0.2) is 9.97 Å². The molecule has 11 heteroatoms. The number of ether oxygens (including phenoxy) is 2. The van der Waals surface area contributed by atoms with E-state index in [4.69, 9.17) is 14.5 Å². The summed E-state index contributed by atoms with van der Waals surface area (Å²) in [6.45, 7) is 11.1. The van der Waals surface area contributed by atoms with E-state index in [2.05, 4.69) is 53.1 Å². The topological polar surface area (TPSA) is 109 Å². The Morgan fingerprint density at radius 2 is 1.90 bits per heavy atom. The van der Waals surface area contributed by atoms with Gasteiger partial charge in [0.1, 0.15) is 23.9 Å². The predicted octanol–water partition coefficient (Wildman–Crippen LogP) is 3.79. The molecule has 0 saturated carbocycles. The van der Waals surface area contributed by atoms with Crippen LogP contribution in [-0.2, 0) is 9.53 Å². The van der Waals surface area contributed by atoms with Crippen molar-refractivity contribution < 1.29 is 19.1 Å². The number of thiazole rings is 1. The van der Waals surface area contributed by atoms with Crippen LogP contribution in [0.4, 0.5) is 16.6 Å². The number of rotatable bonds is 7. The summed E-state index contributed by atoms with van der Waals surface area (Å²) in [6.07, 6.45) is 0.272. The second kappa shape index (κ2) is 11.6. The average Bonchev–Trinajstić information content (AvgIpc) is 3.39. The van der Waals surface area contributed by atoms with Gasteiger partial charge in [-0.15, -0.1) is 11.3 Å². The van der Waals surface area contributed by atoms with Gasteiger partial charge in [0.15, 0.2) is 5.13 Å². The van der Waals surface area contributed by atoms with Crippen LogP contribution in [0, 0.1) is 0 Å². The molecule has 0 spiro atoms. The number of amides is 2. The second-order valence-corrected chi connectivity index (χ2v) is 11.0. The SMILES string of the molecule is CC(C)N1CCOc2ccc(C(=O)NCC(=O)Nc3nc(-c4cccc(N5C[C@@H](C)O[C@@H](C)C5)n4)cs3)cc21. The molecule has 2 aromatic heterocycles. The molecule has 39 heavy (non-hydrogen) atoms. The lowest BCUT2D eigenvalue weighted by Gasteiger charge is -2.36. The zero-order chi connectivity index (χ0) is 27.5. The number of nitrogens with zero attached hydrogens (tertiary/aromatic N) is 4. The Labute approximate surface area is 232 Å². The van der Waals surface area contributed by atoms with Gasteiger partial charge in [0.2, 0.25) is 5.91 Å². The number of anilines is 3. The van der Waals surface area contributed by atoms with Crippen molar-refractivity contribution in [3.8, 4) is 17.1 Å². The highest BCUT2D eigenvalue weighted by Gasteiger charge is 2.24. The van der Waals surface area contributed by atoms with Crippen LogP contribution in [0.15, 0.2) is 41.8 Å². The van der Waals surface area contributed by atoms with Crippen LogP contribution in [0.25, 0.3) is 11.4 Å². The molecule has 1 saturated heterocycles. The predicted molar refractivity (Wildman–Crippen MR) is 153 cm³/mol. The Morgan fingerprint density at radius 3 is 2.67 bits per heavy atom. The van der Waals surface area contributed by atoms with Crippen molar-refractivity contribution in [3.05, 3.63) is 47.3 Å². The van der Waals surface area contributed by atoms with Gasteiger partial charge in [-0.3, -0.25) is 9.59 Å². The standard InChI is InChI=1S/C28H34N6O4S/c1-17(2)34-10-11-37-24-9-8-20(12-23(24)34)27(36)29-13-26(35)32-28-31-22(16-39-28)21-6-5-7-25(30-21)33-14-18(3)38-19(4)15-33/h5-9,12,16-19H,10-11,13-15H2,1-4H3,(H,29,36)(H,31,32,35)/t18-,19+. The quantitative estimate of drug-likeness (QED) is 0.457. The Bertz CT molecular complexity index is 1340. The van der Waals surface area contributed by atoms with Crippen LogP contribution >= 0.6 is 11.3 Å². The van der Waals surface area contributed by atoms with E-state index in [0.717, 1.165) is 42.6 Å². The molecule has 10 nitrogen and oxygen atoms in total. The first-order valence-corrected chi connectivity index (χ1v) is 14.1. The molecule has 0 aliphatic carbocycles. The Kier molecular flexibility index (Phi) is 7.99. The first-order chi connectivity index (χ1) is 18.8. The summed E-state index contributed by atoms with van der Waals surface area (Å²) in [5.41, 5.74) is 2.78. The fraction of sp³-hybridized carbons (Fsp3) is 0.429. The smallest absolute Gasteiger partial charge is 0.251 e. The van der Waals surface area contributed by atoms with E-state index < -0.39 is 0 Å². The normalized spacial score (nSPS) is 18.9. The fourth-order valence-corrected chi connectivity index (χ4v) is 5.62. The summed E-state index contributed by atoms with van der Waals surface area (Å²) in [4.78, 5) is 39.1. The van der Waals surface area contributed by atoms with E-state index in [9.17, 15) is 9.59 Å².